The van der Waals surface area contributed by atoms with Crippen LogP contribution in [-0.2, 0) is 6.54 Å². The molecule has 0 radical (unpaired) electrons. The Morgan fingerprint density at radius 2 is 1.95 bits per heavy atom. The molecule has 0 saturated carbocycles. The van der Waals surface area contributed by atoms with Crippen molar-refractivity contribution in [3.63, 3.8) is 0 Å². The van der Waals surface area contributed by atoms with Crippen LogP contribution in [0.1, 0.15) is 22.5 Å². The molecule has 2 aromatic rings. The quantitative estimate of drug-likeness (QED) is 0.710. The Morgan fingerprint density at radius 3 is 2.62 bits per heavy atom. The van der Waals surface area contributed by atoms with E-state index >= 15 is 0 Å². The molecule has 21 heavy (non-hydrogen) atoms. The van der Waals surface area contributed by atoms with Gasteiger partial charge in [0.25, 0.3) is 5.91 Å². The minimum absolute atomic E-state index is 0.131. The molecule has 0 unspecified atom stereocenters. The maximum absolute atomic E-state index is 10.8. The molecule has 1 heterocycles. The predicted octanol–water partition coefficient (Wildman–Crippen LogP) is 1.13. The van der Waals surface area contributed by atoms with Crippen LogP contribution in [-0.4, -0.2) is 29.3 Å². The SMILES string of the molecule is NC(=O)c1ccc(OCCCNCc2ccccc2)nn1. The van der Waals surface area contributed by atoms with Gasteiger partial charge in [-0.1, -0.05) is 30.3 Å². The lowest BCUT2D eigenvalue weighted by Gasteiger charge is -2.06. The van der Waals surface area contributed by atoms with Crippen LogP contribution < -0.4 is 15.8 Å². The normalized spacial score (nSPS) is 10.3. The summed E-state index contributed by atoms with van der Waals surface area (Å²) in [5, 5.41) is 10.8. The minimum Gasteiger partial charge on any atom is -0.477 e. The third kappa shape index (κ3) is 5.19. The molecule has 0 saturated heterocycles. The second-order valence-electron chi connectivity index (χ2n) is 4.49. The molecular weight excluding hydrogens is 268 g/mol. The highest BCUT2D eigenvalue weighted by atomic mass is 16.5. The third-order valence-electron chi connectivity index (χ3n) is 2.81. The largest absolute Gasteiger partial charge is 0.477 e. The second-order valence-corrected chi connectivity index (χ2v) is 4.49. The second kappa shape index (κ2) is 7.96. The van der Waals surface area contributed by atoms with Crippen molar-refractivity contribution < 1.29 is 9.53 Å². The Balaban J connectivity index is 1.60. The molecule has 1 amide bonds. The van der Waals surface area contributed by atoms with Crippen molar-refractivity contribution in [2.45, 2.75) is 13.0 Å². The number of hydrogen-bond acceptors (Lipinski definition) is 5. The highest BCUT2D eigenvalue weighted by molar-refractivity contribution is 5.90. The standard InChI is InChI=1S/C15H18N4O2/c16-15(20)13-7-8-14(19-18-13)21-10-4-9-17-11-12-5-2-1-3-6-12/h1-3,5-8,17H,4,9-11H2,(H2,16,20). The van der Waals surface area contributed by atoms with E-state index in [-0.39, 0.29) is 5.69 Å². The molecule has 0 fully saturated rings. The smallest absolute Gasteiger partial charge is 0.269 e. The summed E-state index contributed by atoms with van der Waals surface area (Å²) in [6, 6.07) is 13.3. The Labute approximate surface area is 123 Å². The van der Waals surface area contributed by atoms with Gasteiger partial charge in [0, 0.05) is 12.6 Å². The molecule has 0 aliphatic heterocycles. The van der Waals surface area contributed by atoms with Crippen LogP contribution in [0.5, 0.6) is 5.88 Å². The van der Waals surface area contributed by atoms with Crippen molar-refractivity contribution in [1.82, 2.24) is 15.5 Å². The van der Waals surface area contributed by atoms with Crippen molar-refractivity contribution in [3.05, 3.63) is 53.7 Å². The number of ether oxygens (including phenoxy) is 1. The fourth-order valence-corrected chi connectivity index (χ4v) is 1.73. The first-order valence-corrected chi connectivity index (χ1v) is 6.76. The van der Waals surface area contributed by atoms with Gasteiger partial charge in [0.15, 0.2) is 5.69 Å². The van der Waals surface area contributed by atoms with Gasteiger partial charge in [0.1, 0.15) is 0 Å². The number of carbonyl (C=O) groups excluding carboxylic acids is 1. The first kappa shape index (κ1) is 14.9. The molecule has 3 N–H and O–H groups in total. The van der Waals surface area contributed by atoms with Crippen LogP contribution in [0.15, 0.2) is 42.5 Å². The van der Waals surface area contributed by atoms with Gasteiger partial charge in [0.05, 0.1) is 6.61 Å². The maximum atomic E-state index is 10.8. The molecular formula is C15H18N4O2. The lowest BCUT2D eigenvalue weighted by molar-refractivity contribution is 0.0994. The summed E-state index contributed by atoms with van der Waals surface area (Å²) in [5.74, 6) is -0.206. The summed E-state index contributed by atoms with van der Waals surface area (Å²) in [6.07, 6.45) is 0.853. The Hall–Kier alpha value is -2.47. The average molecular weight is 286 g/mol. The van der Waals surface area contributed by atoms with Crippen LogP contribution in [0, 0.1) is 0 Å². The fourth-order valence-electron chi connectivity index (χ4n) is 1.73. The van der Waals surface area contributed by atoms with E-state index in [0.29, 0.717) is 12.5 Å². The first-order chi connectivity index (χ1) is 10.3. The Morgan fingerprint density at radius 1 is 1.14 bits per heavy atom. The summed E-state index contributed by atoms with van der Waals surface area (Å²) in [4.78, 5) is 10.8. The van der Waals surface area contributed by atoms with Crippen LogP contribution in [0.3, 0.4) is 0 Å². The number of hydrogen-bond donors (Lipinski definition) is 2. The van der Waals surface area contributed by atoms with Crippen LogP contribution in [0.4, 0.5) is 0 Å². The van der Waals surface area contributed by atoms with Gasteiger partial charge in [-0.05, 0) is 24.6 Å². The minimum atomic E-state index is -0.598. The molecule has 1 aromatic carbocycles. The summed E-state index contributed by atoms with van der Waals surface area (Å²) in [6.45, 7) is 2.22. The van der Waals surface area contributed by atoms with Crippen molar-refractivity contribution >= 4 is 5.91 Å². The van der Waals surface area contributed by atoms with Gasteiger partial charge in [0.2, 0.25) is 5.88 Å². The van der Waals surface area contributed by atoms with Crippen molar-refractivity contribution in [1.29, 1.82) is 0 Å². The Kier molecular flexibility index (Phi) is 5.66. The third-order valence-corrected chi connectivity index (χ3v) is 2.81. The van der Waals surface area contributed by atoms with Gasteiger partial charge in [-0.25, -0.2) is 0 Å². The van der Waals surface area contributed by atoms with Crippen molar-refractivity contribution in [3.8, 4) is 5.88 Å². The van der Waals surface area contributed by atoms with E-state index < -0.39 is 5.91 Å². The summed E-state index contributed by atoms with van der Waals surface area (Å²) >= 11 is 0. The zero-order valence-electron chi connectivity index (χ0n) is 11.7. The number of nitrogens with two attached hydrogens (primary N) is 1. The average Bonchev–Trinajstić information content (AvgIpc) is 2.52. The van der Waals surface area contributed by atoms with Gasteiger partial charge in [-0.15, -0.1) is 10.2 Å². The number of nitrogens with one attached hydrogen (secondary N) is 1. The van der Waals surface area contributed by atoms with Crippen molar-refractivity contribution in [2.75, 3.05) is 13.2 Å². The van der Waals surface area contributed by atoms with E-state index in [1.807, 2.05) is 18.2 Å². The van der Waals surface area contributed by atoms with Crippen LogP contribution >= 0.6 is 0 Å². The zero-order chi connectivity index (χ0) is 14.9. The number of aromatic nitrogens is 2. The van der Waals surface area contributed by atoms with Gasteiger partial charge in [-0.2, -0.15) is 0 Å². The van der Waals surface area contributed by atoms with Crippen molar-refractivity contribution in [2.24, 2.45) is 5.73 Å². The van der Waals surface area contributed by atoms with E-state index in [1.54, 1.807) is 6.07 Å². The molecule has 0 bridgehead atoms. The van der Waals surface area contributed by atoms with Gasteiger partial charge < -0.3 is 15.8 Å². The number of primary amides is 1. The molecule has 0 atom stereocenters. The number of benzene rings is 1. The highest BCUT2D eigenvalue weighted by Gasteiger charge is 2.03. The van der Waals surface area contributed by atoms with Crippen LogP contribution in [0.25, 0.3) is 0 Å². The number of carbonyl (C=O) groups is 1. The Bertz CT molecular complexity index is 558. The fraction of sp³-hybridized carbons (Fsp3) is 0.267. The monoisotopic (exact) mass is 286 g/mol. The molecule has 0 aliphatic rings. The number of nitrogens with zero attached hydrogens (tertiary/aromatic N) is 2. The lowest BCUT2D eigenvalue weighted by Crippen LogP contribution is -2.17. The summed E-state index contributed by atoms with van der Waals surface area (Å²) in [5.41, 5.74) is 6.46. The molecule has 110 valence electrons. The number of amides is 1. The number of rotatable bonds is 8. The topological polar surface area (TPSA) is 90.1 Å². The first-order valence-electron chi connectivity index (χ1n) is 6.76. The molecule has 0 aliphatic carbocycles. The molecule has 6 nitrogen and oxygen atoms in total. The maximum Gasteiger partial charge on any atom is 0.269 e. The summed E-state index contributed by atoms with van der Waals surface area (Å²) < 4.78 is 5.43. The molecule has 6 heteroatoms. The van der Waals surface area contributed by atoms with E-state index in [0.717, 1.165) is 19.5 Å². The highest BCUT2D eigenvalue weighted by Crippen LogP contribution is 2.04. The molecule has 0 spiro atoms. The molecule has 2 rings (SSSR count). The molecule has 1 aromatic heterocycles. The van der Waals surface area contributed by atoms with Crippen LogP contribution in [0.2, 0.25) is 0 Å². The summed E-state index contributed by atoms with van der Waals surface area (Å²) in [7, 11) is 0. The van der Waals surface area contributed by atoms with E-state index in [9.17, 15) is 4.79 Å². The van der Waals surface area contributed by atoms with E-state index in [1.165, 1.54) is 11.6 Å². The van der Waals surface area contributed by atoms with Gasteiger partial charge >= 0.3 is 0 Å². The lowest BCUT2D eigenvalue weighted by atomic mass is 10.2. The van der Waals surface area contributed by atoms with E-state index in [4.69, 9.17) is 10.5 Å². The zero-order valence-corrected chi connectivity index (χ0v) is 11.7. The van der Waals surface area contributed by atoms with Gasteiger partial charge in [-0.3, -0.25) is 4.79 Å². The van der Waals surface area contributed by atoms with E-state index in [2.05, 4.69) is 27.6 Å². The predicted molar refractivity (Wildman–Crippen MR) is 78.8 cm³/mol.